The van der Waals surface area contributed by atoms with Gasteiger partial charge in [0.15, 0.2) is 0 Å². The van der Waals surface area contributed by atoms with E-state index in [4.69, 9.17) is 0 Å². The van der Waals surface area contributed by atoms with Crippen LogP contribution in [0.4, 0.5) is 5.82 Å². The number of benzene rings is 1. The van der Waals surface area contributed by atoms with Crippen LogP contribution in [0.15, 0.2) is 46.2 Å². The van der Waals surface area contributed by atoms with Crippen LogP contribution in [0.5, 0.6) is 0 Å². The van der Waals surface area contributed by atoms with Crippen molar-refractivity contribution in [2.24, 2.45) is 12.0 Å². The van der Waals surface area contributed by atoms with E-state index in [0.29, 0.717) is 11.6 Å². The van der Waals surface area contributed by atoms with Crippen molar-refractivity contribution >= 4 is 11.7 Å². The van der Waals surface area contributed by atoms with E-state index >= 15 is 0 Å². The van der Waals surface area contributed by atoms with E-state index in [1.807, 2.05) is 30.3 Å². The Kier molecular flexibility index (Phi) is 2.26. The Morgan fingerprint density at radius 3 is 2.78 bits per heavy atom. The summed E-state index contributed by atoms with van der Waals surface area (Å²) in [6.45, 7) is 0.188. The molecule has 0 radical (unpaired) electrons. The van der Waals surface area contributed by atoms with E-state index in [-0.39, 0.29) is 18.0 Å². The molecule has 1 aliphatic heterocycles. The van der Waals surface area contributed by atoms with Gasteiger partial charge >= 0.3 is 5.56 Å². The molecule has 0 N–H and O–H groups in total. The standard InChI is InChI=1S/C13H11N3O2/c1-15-12(18)7-10-14-11(17)8-16(10)13(15)9-5-3-2-4-6-9/h2-7H,8H2,1H3. The minimum atomic E-state index is -0.224. The highest BCUT2D eigenvalue weighted by Crippen LogP contribution is 2.17. The Morgan fingerprint density at radius 2 is 2.06 bits per heavy atom. The molecule has 2 heterocycles. The third kappa shape index (κ3) is 1.52. The number of aliphatic imine (C=N–C) groups is 1. The Morgan fingerprint density at radius 1 is 1.33 bits per heavy atom. The Hall–Kier alpha value is -2.43. The van der Waals surface area contributed by atoms with E-state index in [0.717, 1.165) is 5.56 Å². The molecule has 1 aromatic carbocycles. The number of hydrogen-bond donors (Lipinski definition) is 0. The Bertz CT molecular complexity index is 702. The molecular weight excluding hydrogens is 230 g/mol. The third-order valence-electron chi connectivity index (χ3n) is 3.00. The van der Waals surface area contributed by atoms with Gasteiger partial charge in [-0.25, -0.2) is 9.13 Å². The van der Waals surface area contributed by atoms with Gasteiger partial charge < -0.3 is 5.11 Å². The first kappa shape index (κ1) is 10.7. The highest BCUT2D eigenvalue weighted by Gasteiger charge is 2.24. The van der Waals surface area contributed by atoms with E-state index in [1.165, 1.54) is 10.6 Å². The molecule has 5 heteroatoms. The van der Waals surface area contributed by atoms with Crippen molar-refractivity contribution in [2.45, 2.75) is 6.54 Å². The van der Waals surface area contributed by atoms with Crippen molar-refractivity contribution in [1.29, 1.82) is 0 Å². The zero-order valence-electron chi connectivity index (χ0n) is 9.83. The van der Waals surface area contributed by atoms with Gasteiger partial charge in [0.1, 0.15) is 6.54 Å². The lowest BCUT2D eigenvalue weighted by molar-refractivity contribution is -0.661. The smallest absolute Gasteiger partial charge is 0.313 e. The first-order chi connectivity index (χ1) is 8.66. The summed E-state index contributed by atoms with van der Waals surface area (Å²) < 4.78 is 3.30. The molecule has 90 valence electrons. The van der Waals surface area contributed by atoms with Gasteiger partial charge in [-0.2, -0.15) is 0 Å². The van der Waals surface area contributed by atoms with Crippen LogP contribution in [-0.2, 0) is 13.6 Å². The van der Waals surface area contributed by atoms with Crippen molar-refractivity contribution in [3.05, 3.63) is 46.8 Å². The quantitative estimate of drug-likeness (QED) is 0.646. The molecule has 1 aliphatic rings. The average molecular weight is 241 g/mol. The molecule has 0 fully saturated rings. The van der Waals surface area contributed by atoms with Crippen molar-refractivity contribution in [3.8, 4) is 11.4 Å². The molecule has 0 bridgehead atoms. The molecule has 0 unspecified atom stereocenters. The third-order valence-corrected chi connectivity index (χ3v) is 3.00. The van der Waals surface area contributed by atoms with Crippen LogP contribution in [-0.4, -0.2) is 10.5 Å². The zero-order chi connectivity index (χ0) is 12.7. The van der Waals surface area contributed by atoms with Crippen LogP contribution in [0.2, 0.25) is 0 Å². The van der Waals surface area contributed by atoms with Crippen molar-refractivity contribution in [1.82, 2.24) is 4.57 Å². The second kappa shape index (κ2) is 3.80. The van der Waals surface area contributed by atoms with Crippen LogP contribution < -0.4 is 15.2 Å². The summed E-state index contributed by atoms with van der Waals surface area (Å²) in [6, 6.07) is 10.9. The lowest BCUT2D eigenvalue weighted by atomic mass is 10.2. The molecule has 5 nitrogen and oxygen atoms in total. The fourth-order valence-electron chi connectivity index (χ4n) is 2.16. The first-order valence-corrected chi connectivity index (χ1v) is 5.60. The second-order valence-corrected chi connectivity index (χ2v) is 4.18. The molecule has 3 rings (SSSR count). The van der Waals surface area contributed by atoms with Gasteiger partial charge in [-0.1, -0.05) is 18.2 Å². The number of hydrogen-bond acceptors (Lipinski definition) is 3. The summed E-state index contributed by atoms with van der Waals surface area (Å²) in [4.78, 5) is 15.7. The second-order valence-electron chi connectivity index (χ2n) is 4.18. The van der Waals surface area contributed by atoms with Crippen LogP contribution in [0.25, 0.3) is 11.4 Å². The summed E-state index contributed by atoms with van der Waals surface area (Å²) in [5.74, 6) is 0.910. The maximum Gasteiger partial charge on any atom is 0.313 e. The SMILES string of the molecule is Cn1c(-c2ccccc2)[n+]2c(cc1=O)N=C([O-])C2. The number of nitrogens with zero attached hydrogens (tertiary/aromatic N) is 3. The van der Waals surface area contributed by atoms with Crippen LogP contribution in [0, 0.1) is 0 Å². The van der Waals surface area contributed by atoms with E-state index in [1.54, 1.807) is 11.6 Å². The normalized spacial score (nSPS) is 13.3. The molecular formula is C13H11N3O2. The number of rotatable bonds is 1. The average Bonchev–Trinajstić information content (AvgIpc) is 2.71. The van der Waals surface area contributed by atoms with Gasteiger partial charge in [0, 0.05) is 5.56 Å². The van der Waals surface area contributed by atoms with Gasteiger partial charge in [-0.15, -0.1) is 4.99 Å². The molecule has 2 aromatic rings. The van der Waals surface area contributed by atoms with Crippen LogP contribution in [0.1, 0.15) is 0 Å². The molecule has 0 spiro atoms. The summed E-state index contributed by atoms with van der Waals surface area (Å²) in [5.41, 5.74) is 0.724. The van der Waals surface area contributed by atoms with Gasteiger partial charge in [0.05, 0.1) is 19.0 Å². The fraction of sp³-hybridized carbons (Fsp3) is 0.154. The molecule has 0 amide bonds. The van der Waals surface area contributed by atoms with Gasteiger partial charge in [-0.05, 0) is 12.1 Å². The highest BCUT2D eigenvalue weighted by atomic mass is 16.3. The summed E-state index contributed by atoms with van der Waals surface area (Å²) in [5, 5.41) is 11.4. The number of fused-ring (bicyclic) bond motifs is 1. The Labute approximate surface area is 103 Å². The highest BCUT2D eigenvalue weighted by molar-refractivity contribution is 5.75. The maximum atomic E-state index is 11.9. The summed E-state index contributed by atoms with van der Waals surface area (Å²) >= 11 is 0. The summed E-state index contributed by atoms with van der Waals surface area (Å²) in [7, 11) is 1.70. The molecule has 0 atom stereocenters. The van der Waals surface area contributed by atoms with E-state index in [9.17, 15) is 9.90 Å². The van der Waals surface area contributed by atoms with Gasteiger partial charge in [0.25, 0.3) is 5.82 Å². The van der Waals surface area contributed by atoms with Gasteiger partial charge in [-0.3, -0.25) is 4.79 Å². The Balaban J connectivity index is 2.32. The predicted octanol–water partition coefficient (Wildman–Crippen LogP) is -0.256. The molecule has 0 saturated carbocycles. The van der Waals surface area contributed by atoms with Crippen molar-refractivity contribution < 1.29 is 9.67 Å². The lowest BCUT2D eigenvalue weighted by Gasteiger charge is -2.09. The fourth-order valence-corrected chi connectivity index (χ4v) is 2.16. The lowest BCUT2D eigenvalue weighted by Crippen LogP contribution is -2.44. The topological polar surface area (TPSA) is 61.3 Å². The van der Waals surface area contributed by atoms with E-state index < -0.39 is 0 Å². The minimum Gasteiger partial charge on any atom is -0.847 e. The molecule has 1 aromatic heterocycles. The van der Waals surface area contributed by atoms with Crippen molar-refractivity contribution in [2.75, 3.05) is 0 Å². The number of aromatic nitrogens is 2. The van der Waals surface area contributed by atoms with Crippen molar-refractivity contribution in [3.63, 3.8) is 0 Å². The van der Waals surface area contributed by atoms with E-state index in [2.05, 4.69) is 4.99 Å². The van der Waals surface area contributed by atoms with Gasteiger partial charge in [0.2, 0.25) is 5.82 Å². The maximum absolute atomic E-state index is 11.9. The zero-order valence-corrected chi connectivity index (χ0v) is 9.83. The first-order valence-electron chi connectivity index (χ1n) is 5.60. The minimum absolute atomic E-state index is 0.168. The monoisotopic (exact) mass is 241 g/mol. The molecule has 18 heavy (non-hydrogen) atoms. The molecule has 0 saturated heterocycles. The largest absolute Gasteiger partial charge is 0.847 e. The molecule has 0 aliphatic carbocycles. The summed E-state index contributed by atoms with van der Waals surface area (Å²) in [6.07, 6.45) is 0. The van der Waals surface area contributed by atoms with Crippen LogP contribution >= 0.6 is 0 Å². The van der Waals surface area contributed by atoms with Crippen LogP contribution in [0.3, 0.4) is 0 Å². The predicted molar refractivity (Wildman–Crippen MR) is 64.4 cm³/mol.